The van der Waals surface area contributed by atoms with E-state index in [2.05, 4.69) is 41.2 Å². The van der Waals surface area contributed by atoms with Crippen molar-refractivity contribution in [2.45, 2.75) is 27.2 Å². The van der Waals surface area contributed by atoms with Crippen LogP contribution in [0, 0.1) is 5.41 Å². The molecule has 0 bridgehead atoms. The first-order valence-corrected chi connectivity index (χ1v) is 10.8. The highest BCUT2D eigenvalue weighted by Crippen LogP contribution is 2.25. The Bertz CT molecular complexity index is 1050. The van der Waals surface area contributed by atoms with Gasteiger partial charge in [-0.1, -0.05) is 81.4 Å². The van der Waals surface area contributed by atoms with E-state index in [9.17, 15) is 4.46 Å². The molecule has 3 N–H and O–H groups in total. The topological polar surface area (TPSA) is 97.6 Å². The fourth-order valence-electron chi connectivity index (χ4n) is 2.97. The van der Waals surface area contributed by atoms with Gasteiger partial charge < -0.3 is 10.2 Å². The minimum Gasteiger partial charge on any atom is -0.384 e. The minimum absolute atomic E-state index is 0.194. The summed E-state index contributed by atoms with van der Waals surface area (Å²) >= 11 is 0. The van der Waals surface area contributed by atoms with Crippen LogP contribution in [0.4, 0.5) is 5.82 Å². The predicted molar refractivity (Wildman–Crippen MR) is 118 cm³/mol. The summed E-state index contributed by atoms with van der Waals surface area (Å²) in [4.78, 5) is 4.10. The number of aromatic amines is 1. The highest BCUT2D eigenvalue weighted by atomic mass is 28.3. The zero-order valence-electron chi connectivity index (χ0n) is 16.9. The number of nitrogen functional groups attached to an aromatic ring is 1. The number of nitrogens with zero attached hydrogens (tertiary/aromatic N) is 3. The van der Waals surface area contributed by atoms with E-state index in [0.29, 0.717) is 11.5 Å². The van der Waals surface area contributed by atoms with Gasteiger partial charge in [-0.15, -0.1) is 5.10 Å². The highest BCUT2D eigenvalue weighted by molar-refractivity contribution is 6.72. The van der Waals surface area contributed by atoms with Crippen molar-refractivity contribution in [3.8, 4) is 0 Å². The molecule has 0 fully saturated rings. The van der Waals surface area contributed by atoms with E-state index in [-0.39, 0.29) is 5.41 Å². The van der Waals surface area contributed by atoms with Gasteiger partial charge in [-0.25, -0.2) is 4.98 Å². The fourth-order valence-corrected chi connectivity index (χ4v) is 4.30. The van der Waals surface area contributed by atoms with Gasteiger partial charge in [-0.05, 0) is 23.5 Å². The number of hydrogen-bond acceptors (Lipinski definition) is 5. The minimum atomic E-state index is -1.79. The van der Waals surface area contributed by atoms with Crippen LogP contribution in [-0.4, -0.2) is 29.1 Å². The quantitative estimate of drug-likeness (QED) is 0.513. The summed E-state index contributed by atoms with van der Waals surface area (Å²) in [5, 5.41) is 12.4. The van der Waals surface area contributed by atoms with Crippen molar-refractivity contribution in [3.05, 3.63) is 72.3 Å². The van der Waals surface area contributed by atoms with E-state index in [4.69, 9.17) is 5.73 Å². The maximum atomic E-state index is 12.0. The molecule has 148 valence electrons. The molecule has 0 unspecified atom stereocenters. The lowest BCUT2D eigenvalue weighted by molar-refractivity contribution is 0.412. The molecule has 2 heterocycles. The molecular weight excluding hydrogens is 378 g/mol. The van der Waals surface area contributed by atoms with Gasteiger partial charge in [0.1, 0.15) is 11.3 Å². The van der Waals surface area contributed by atoms with E-state index < -0.39 is 8.68 Å². The molecule has 0 spiro atoms. The lowest BCUT2D eigenvalue weighted by Gasteiger charge is -2.18. The zero-order valence-corrected chi connectivity index (χ0v) is 17.9. The molecule has 0 aliphatic carbocycles. The molecule has 0 atom stereocenters. The number of nitrogens with one attached hydrogen (secondary N) is 1. The normalized spacial score (nSPS) is 11.0. The second kappa shape index (κ2) is 8.87. The molecular formula is C22H25N5OSi. The van der Waals surface area contributed by atoms with Crippen LogP contribution in [0.3, 0.4) is 0 Å². The molecule has 0 aliphatic rings. The highest BCUT2D eigenvalue weighted by Gasteiger charge is 2.16. The number of rotatable bonds is 3. The Morgan fingerprint density at radius 1 is 0.931 bits per heavy atom. The molecule has 2 aromatic carbocycles. The Morgan fingerprint density at radius 3 is 2.00 bits per heavy atom. The molecule has 7 heteroatoms. The second-order valence-corrected chi connectivity index (χ2v) is 9.81. The van der Waals surface area contributed by atoms with Crippen molar-refractivity contribution in [1.29, 1.82) is 0 Å². The molecule has 0 radical (unpaired) electrons. The van der Waals surface area contributed by atoms with Crippen molar-refractivity contribution in [3.63, 3.8) is 0 Å². The monoisotopic (exact) mass is 403 g/mol. The predicted octanol–water partition coefficient (Wildman–Crippen LogP) is 2.75. The van der Waals surface area contributed by atoms with E-state index in [0.717, 1.165) is 27.9 Å². The van der Waals surface area contributed by atoms with Gasteiger partial charge in [0.25, 0.3) is 0 Å². The molecule has 0 amide bonds. The average Bonchev–Trinajstić information content (AvgIpc) is 3.17. The number of fused-ring (bicyclic) bond motifs is 1. The van der Waals surface area contributed by atoms with Gasteiger partial charge in [0, 0.05) is 10.4 Å². The van der Waals surface area contributed by atoms with E-state index in [1.165, 1.54) is 0 Å². The third-order valence-corrected chi connectivity index (χ3v) is 5.90. The van der Waals surface area contributed by atoms with Crippen LogP contribution < -0.4 is 16.1 Å². The Balaban J connectivity index is 0.000000166. The molecule has 2 aromatic heterocycles. The number of nitrogens with two attached hydrogens (primary N) is 1. The first-order chi connectivity index (χ1) is 13.8. The summed E-state index contributed by atoms with van der Waals surface area (Å²) in [6, 6.07) is 21.1. The second-order valence-electron chi connectivity index (χ2n) is 8.00. The van der Waals surface area contributed by atoms with Gasteiger partial charge in [0.2, 0.25) is 5.65 Å². The Morgan fingerprint density at radius 2 is 1.48 bits per heavy atom. The van der Waals surface area contributed by atoms with Gasteiger partial charge in [-0.3, -0.25) is 0 Å². The van der Waals surface area contributed by atoms with Crippen LogP contribution in [0.2, 0.25) is 0 Å². The molecule has 4 aromatic rings. The lowest BCUT2D eigenvalue weighted by atomic mass is 9.88. The molecule has 4 rings (SSSR count). The zero-order chi connectivity index (χ0) is 20.9. The third kappa shape index (κ3) is 5.65. The first kappa shape index (κ1) is 20.5. The molecule has 0 saturated carbocycles. The summed E-state index contributed by atoms with van der Waals surface area (Å²) in [6.07, 6.45) is 0.906. The van der Waals surface area contributed by atoms with E-state index in [1.807, 2.05) is 66.7 Å². The summed E-state index contributed by atoms with van der Waals surface area (Å²) in [6.45, 7) is 6.53. The maximum absolute atomic E-state index is 12.0. The number of hydrogen-bond donors (Lipinski definition) is 2. The van der Waals surface area contributed by atoms with Crippen molar-refractivity contribution in [2.24, 2.45) is 5.41 Å². The standard InChI is InChI=1S/C12H10OSi.C10H15N5/c13-14(11-7-3-1-4-8-11)12-9-5-2-6-10-12;1-10(2,3)5-6-4-7(11)12-9-8(6)13-15-14-9/h1-10H;4H,5H2,1-3H3,(H3,11,12,13,14,15). The summed E-state index contributed by atoms with van der Waals surface area (Å²) < 4.78 is 12.0. The maximum Gasteiger partial charge on any atom is 0.346 e. The van der Waals surface area contributed by atoms with Crippen LogP contribution in [0.1, 0.15) is 26.3 Å². The van der Waals surface area contributed by atoms with Crippen LogP contribution in [-0.2, 0) is 10.9 Å². The van der Waals surface area contributed by atoms with Crippen LogP contribution in [0.5, 0.6) is 0 Å². The van der Waals surface area contributed by atoms with Crippen molar-refractivity contribution >= 4 is 36.0 Å². The van der Waals surface area contributed by atoms with Gasteiger partial charge in [0.05, 0.1) is 0 Å². The van der Waals surface area contributed by atoms with E-state index >= 15 is 0 Å². The molecule has 29 heavy (non-hydrogen) atoms. The molecule has 0 aliphatic heterocycles. The van der Waals surface area contributed by atoms with Gasteiger partial charge in [0.15, 0.2) is 0 Å². The summed E-state index contributed by atoms with van der Waals surface area (Å²) in [7, 11) is -1.79. The SMILES string of the molecule is CC(C)(C)Cc1cc(N)nc2n[nH]nc12.O=[Si](c1ccccc1)c1ccccc1. The lowest BCUT2D eigenvalue weighted by Crippen LogP contribution is -2.33. The fraction of sp³-hybridized carbons (Fsp3) is 0.227. The van der Waals surface area contributed by atoms with E-state index in [1.54, 1.807) is 0 Å². The molecule has 6 nitrogen and oxygen atoms in total. The number of benzene rings is 2. The van der Waals surface area contributed by atoms with Crippen molar-refractivity contribution < 1.29 is 4.46 Å². The third-order valence-electron chi connectivity index (χ3n) is 4.18. The number of pyridine rings is 1. The van der Waals surface area contributed by atoms with Gasteiger partial charge >= 0.3 is 8.68 Å². The smallest absolute Gasteiger partial charge is 0.346 e. The van der Waals surface area contributed by atoms with Crippen LogP contribution in [0.15, 0.2) is 66.7 Å². The van der Waals surface area contributed by atoms with Crippen LogP contribution >= 0.6 is 0 Å². The van der Waals surface area contributed by atoms with Crippen molar-refractivity contribution in [2.75, 3.05) is 5.73 Å². The Hall–Kier alpha value is -3.19. The Kier molecular flexibility index (Phi) is 6.28. The number of H-pyrrole nitrogens is 1. The first-order valence-electron chi connectivity index (χ1n) is 9.44. The summed E-state index contributed by atoms with van der Waals surface area (Å²) in [5.41, 5.74) is 8.41. The Labute approximate surface area is 171 Å². The molecule has 0 saturated heterocycles. The van der Waals surface area contributed by atoms with Gasteiger partial charge in [-0.2, -0.15) is 10.3 Å². The number of anilines is 1. The average molecular weight is 404 g/mol. The largest absolute Gasteiger partial charge is 0.384 e. The van der Waals surface area contributed by atoms with Crippen molar-refractivity contribution in [1.82, 2.24) is 20.4 Å². The summed E-state index contributed by atoms with van der Waals surface area (Å²) in [5.74, 6) is 0.496. The van der Waals surface area contributed by atoms with Crippen LogP contribution in [0.25, 0.3) is 11.2 Å². The number of aromatic nitrogens is 4.